The van der Waals surface area contributed by atoms with Crippen molar-refractivity contribution >= 4 is 5.91 Å². The first-order valence-corrected chi connectivity index (χ1v) is 5.95. The first-order valence-electron chi connectivity index (χ1n) is 5.95. The van der Waals surface area contributed by atoms with Gasteiger partial charge in [-0.1, -0.05) is 6.07 Å². The number of halogens is 1. The van der Waals surface area contributed by atoms with E-state index in [2.05, 4.69) is 0 Å². The van der Waals surface area contributed by atoms with E-state index in [9.17, 15) is 9.18 Å². The first-order chi connectivity index (χ1) is 8.49. The Morgan fingerprint density at radius 2 is 2.28 bits per heavy atom. The van der Waals surface area contributed by atoms with Crippen molar-refractivity contribution in [3.05, 3.63) is 29.6 Å². The predicted molar refractivity (Wildman–Crippen MR) is 65.7 cm³/mol. The topological polar surface area (TPSA) is 55.6 Å². The molecule has 1 aliphatic rings. The Balaban J connectivity index is 2.13. The van der Waals surface area contributed by atoms with E-state index >= 15 is 0 Å². The molecule has 0 bridgehead atoms. The largest absolute Gasteiger partial charge is 0.477 e. The second kappa shape index (κ2) is 4.94. The number of hydrogen-bond donors (Lipinski definition) is 1. The van der Waals surface area contributed by atoms with Gasteiger partial charge in [0, 0.05) is 26.1 Å². The summed E-state index contributed by atoms with van der Waals surface area (Å²) in [6.45, 7) is 2.42. The molecule has 1 amide bonds. The molecular formula is C13H17FN2O2. The number of likely N-dealkylation sites (N-methyl/N-ethyl adjacent to an activating group) is 1. The van der Waals surface area contributed by atoms with E-state index in [1.54, 1.807) is 24.9 Å². The first kappa shape index (κ1) is 12.8. The maximum absolute atomic E-state index is 13.8. The summed E-state index contributed by atoms with van der Waals surface area (Å²) in [4.78, 5) is 13.2. The van der Waals surface area contributed by atoms with Crippen LogP contribution in [0.5, 0.6) is 5.75 Å². The lowest BCUT2D eigenvalue weighted by molar-refractivity contribution is -0.132. The van der Waals surface area contributed by atoms with Crippen molar-refractivity contribution in [2.45, 2.75) is 25.5 Å². The number of nitrogens with zero attached hydrogens (tertiary/aromatic N) is 1. The summed E-state index contributed by atoms with van der Waals surface area (Å²) >= 11 is 0. The average molecular weight is 252 g/mol. The minimum absolute atomic E-state index is 0.105. The van der Waals surface area contributed by atoms with E-state index in [1.807, 2.05) is 0 Å². The van der Waals surface area contributed by atoms with Crippen LogP contribution in [0.2, 0.25) is 0 Å². The fraction of sp³-hybridized carbons (Fsp3) is 0.462. The second-order valence-corrected chi connectivity index (χ2v) is 4.63. The third-order valence-corrected chi connectivity index (χ3v) is 3.13. The highest BCUT2D eigenvalue weighted by Crippen LogP contribution is 2.24. The predicted octanol–water partition coefficient (Wildman–Crippen LogP) is 1.45. The molecule has 5 heteroatoms. The van der Waals surface area contributed by atoms with E-state index in [0.717, 1.165) is 0 Å². The molecule has 0 radical (unpaired) electrons. The fourth-order valence-electron chi connectivity index (χ4n) is 1.95. The number of ether oxygens (including phenoxy) is 1. The van der Waals surface area contributed by atoms with Crippen molar-refractivity contribution in [1.29, 1.82) is 0 Å². The highest BCUT2D eigenvalue weighted by molar-refractivity contribution is 5.83. The highest BCUT2D eigenvalue weighted by Gasteiger charge is 2.31. The molecule has 4 nitrogen and oxygen atoms in total. The van der Waals surface area contributed by atoms with Gasteiger partial charge >= 0.3 is 0 Å². The van der Waals surface area contributed by atoms with Crippen LogP contribution in [0.1, 0.15) is 24.9 Å². The van der Waals surface area contributed by atoms with Crippen molar-refractivity contribution in [3.8, 4) is 5.75 Å². The van der Waals surface area contributed by atoms with Crippen LogP contribution in [0, 0.1) is 5.82 Å². The second-order valence-electron chi connectivity index (χ2n) is 4.63. The van der Waals surface area contributed by atoms with Crippen LogP contribution in [-0.2, 0) is 4.79 Å². The molecule has 1 heterocycles. The SMILES string of the molecule is C[C@@H](N)c1ccc(OC2CCN(C)C2=O)c(F)c1. The maximum atomic E-state index is 13.8. The van der Waals surface area contributed by atoms with Crippen molar-refractivity contribution in [1.82, 2.24) is 4.90 Å². The van der Waals surface area contributed by atoms with Crippen LogP contribution in [0.25, 0.3) is 0 Å². The molecule has 2 N–H and O–H groups in total. The minimum Gasteiger partial charge on any atom is -0.477 e. The summed E-state index contributed by atoms with van der Waals surface area (Å²) in [5.41, 5.74) is 6.37. The van der Waals surface area contributed by atoms with Gasteiger partial charge in [0.2, 0.25) is 0 Å². The smallest absolute Gasteiger partial charge is 0.263 e. The summed E-state index contributed by atoms with van der Waals surface area (Å²) in [5.74, 6) is -0.481. The number of benzene rings is 1. The Kier molecular flexibility index (Phi) is 3.52. The molecule has 0 aliphatic carbocycles. The van der Waals surface area contributed by atoms with Crippen LogP contribution in [0.3, 0.4) is 0 Å². The molecule has 0 aromatic heterocycles. The van der Waals surface area contributed by atoms with Gasteiger partial charge in [-0.25, -0.2) is 4.39 Å². The molecule has 98 valence electrons. The van der Waals surface area contributed by atoms with Crippen molar-refractivity contribution in [3.63, 3.8) is 0 Å². The molecule has 1 saturated heterocycles. The number of likely N-dealkylation sites (tertiary alicyclic amines) is 1. The lowest BCUT2D eigenvalue weighted by Crippen LogP contribution is -2.29. The Morgan fingerprint density at radius 3 is 2.78 bits per heavy atom. The molecule has 18 heavy (non-hydrogen) atoms. The lowest BCUT2D eigenvalue weighted by atomic mass is 10.1. The molecule has 2 atom stereocenters. The van der Waals surface area contributed by atoms with Gasteiger partial charge in [-0.2, -0.15) is 0 Å². The van der Waals surface area contributed by atoms with Gasteiger partial charge in [0.1, 0.15) is 0 Å². The summed E-state index contributed by atoms with van der Waals surface area (Å²) in [6, 6.07) is 4.36. The van der Waals surface area contributed by atoms with Crippen LogP contribution < -0.4 is 10.5 Å². The molecule has 0 saturated carbocycles. The zero-order valence-electron chi connectivity index (χ0n) is 10.5. The van der Waals surface area contributed by atoms with Crippen LogP contribution in [-0.4, -0.2) is 30.5 Å². The van der Waals surface area contributed by atoms with E-state index < -0.39 is 11.9 Å². The molecule has 2 rings (SSSR count). The van der Waals surface area contributed by atoms with Crippen molar-refractivity contribution in [2.24, 2.45) is 5.73 Å². The summed E-state index contributed by atoms with van der Waals surface area (Å²) in [7, 11) is 1.71. The van der Waals surface area contributed by atoms with E-state index in [1.165, 1.54) is 12.1 Å². The number of carbonyl (C=O) groups excluding carboxylic acids is 1. The van der Waals surface area contributed by atoms with Crippen molar-refractivity contribution in [2.75, 3.05) is 13.6 Å². The third-order valence-electron chi connectivity index (χ3n) is 3.13. The van der Waals surface area contributed by atoms with Crippen LogP contribution in [0.4, 0.5) is 4.39 Å². The molecule has 1 aromatic carbocycles. The number of amides is 1. The molecule has 1 aromatic rings. The number of hydrogen-bond acceptors (Lipinski definition) is 3. The third kappa shape index (κ3) is 2.46. The Bertz CT molecular complexity index is 462. The number of carbonyl (C=O) groups is 1. The zero-order valence-corrected chi connectivity index (χ0v) is 10.5. The van der Waals surface area contributed by atoms with Gasteiger partial charge in [0.25, 0.3) is 5.91 Å². The maximum Gasteiger partial charge on any atom is 0.263 e. The summed E-state index contributed by atoms with van der Waals surface area (Å²) in [5, 5.41) is 0. The zero-order chi connectivity index (χ0) is 13.3. The van der Waals surface area contributed by atoms with Gasteiger partial charge in [-0.15, -0.1) is 0 Å². The summed E-state index contributed by atoms with van der Waals surface area (Å²) < 4.78 is 19.2. The van der Waals surface area contributed by atoms with Gasteiger partial charge in [0.05, 0.1) is 0 Å². The van der Waals surface area contributed by atoms with Gasteiger partial charge in [-0.05, 0) is 24.6 Å². The number of nitrogens with two attached hydrogens (primary N) is 1. The Labute approximate surface area is 106 Å². The van der Waals surface area contributed by atoms with Crippen LogP contribution >= 0.6 is 0 Å². The minimum atomic E-state index is -0.578. The highest BCUT2D eigenvalue weighted by atomic mass is 19.1. The van der Waals surface area contributed by atoms with E-state index in [0.29, 0.717) is 18.5 Å². The molecule has 1 unspecified atom stereocenters. The monoisotopic (exact) mass is 252 g/mol. The van der Waals surface area contributed by atoms with E-state index in [-0.39, 0.29) is 17.7 Å². The standard InChI is InChI=1S/C13H17FN2O2/c1-8(15)9-3-4-11(10(14)7-9)18-12-5-6-16(2)13(12)17/h3-4,7-8,12H,5-6,15H2,1-2H3/t8-,12?/m1/s1. The Hall–Kier alpha value is -1.62. The quantitative estimate of drug-likeness (QED) is 0.886. The van der Waals surface area contributed by atoms with Gasteiger partial charge in [0.15, 0.2) is 17.7 Å². The molecule has 1 fully saturated rings. The molecule has 1 aliphatic heterocycles. The number of rotatable bonds is 3. The molecule has 0 spiro atoms. The Morgan fingerprint density at radius 1 is 1.56 bits per heavy atom. The normalized spacial score (nSPS) is 21.2. The fourth-order valence-corrected chi connectivity index (χ4v) is 1.95. The van der Waals surface area contributed by atoms with Gasteiger partial charge in [-0.3, -0.25) is 4.79 Å². The lowest BCUT2D eigenvalue weighted by Gasteiger charge is -2.14. The van der Waals surface area contributed by atoms with Crippen LogP contribution in [0.15, 0.2) is 18.2 Å². The van der Waals surface area contributed by atoms with Gasteiger partial charge < -0.3 is 15.4 Å². The van der Waals surface area contributed by atoms with E-state index in [4.69, 9.17) is 10.5 Å². The summed E-state index contributed by atoms with van der Waals surface area (Å²) in [6.07, 6.45) is 0.00902. The average Bonchev–Trinajstić information content (AvgIpc) is 2.63. The molecular weight excluding hydrogens is 235 g/mol. The van der Waals surface area contributed by atoms with Crippen molar-refractivity contribution < 1.29 is 13.9 Å².